The van der Waals surface area contributed by atoms with E-state index < -0.39 is 5.60 Å². The number of amides is 1. The molecular formula is C22H37IN4O3. The molecule has 1 aliphatic heterocycles. The molecule has 2 N–H and O–H groups in total. The maximum absolute atomic E-state index is 12.0. The maximum Gasteiger partial charge on any atom is 0.407 e. The Morgan fingerprint density at radius 2 is 2.00 bits per heavy atom. The Morgan fingerprint density at radius 1 is 1.27 bits per heavy atom. The van der Waals surface area contributed by atoms with E-state index in [1.807, 2.05) is 45.9 Å². The quantitative estimate of drug-likeness (QED) is 0.318. The molecule has 1 fully saturated rings. The van der Waals surface area contributed by atoms with E-state index in [9.17, 15) is 4.79 Å². The average molecular weight is 532 g/mol. The van der Waals surface area contributed by atoms with E-state index in [1.165, 1.54) is 5.56 Å². The number of hydrogen-bond donors (Lipinski definition) is 2. The topological polar surface area (TPSA) is 75.2 Å². The zero-order valence-electron chi connectivity index (χ0n) is 18.9. The van der Waals surface area contributed by atoms with E-state index in [4.69, 9.17) is 14.5 Å². The first kappa shape index (κ1) is 26.3. The maximum atomic E-state index is 12.0. The molecule has 0 bridgehead atoms. The third-order valence-corrected chi connectivity index (χ3v) is 4.46. The largest absolute Gasteiger partial charge is 0.494 e. The zero-order valence-corrected chi connectivity index (χ0v) is 21.2. The number of para-hydroxylation sites is 1. The summed E-state index contributed by atoms with van der Waals surface area (Å²) in [6.45, 7) is 13.4. The van der Waals surface area contributed by atoms with Crippen molar-refractivity contribution >= 4 is 36.0 Å². The monoisotopic (exact) mass is 532 g/mol. The number of guanidine groups is 1. The molecule has 0 radical (unpaired) electrons. The van der Waals surface area contributed by atoms with Crippen molar-refractivity contribution in [3.63, 3.8) is 0 Å². The van der Waals surface area contributed by atoms with E-state index in [0.29, 0.717) is 13.2 Å². The second-order valence-corrected chi connectivity index (χ2v) is 8.10. The minimum absolute atomic E-state index is 0. The predicted molar refractivity (Wildman–Crippen MR) is 132 cm³/mol. The number of rotatable bonds is 7. The van der Waals surface area contributed by atoms with Gasteiger partial charge in [0.05, 0.1) is 12.6 Å². The highest BCUT2D eigenvalue weighted by Gasteiger charge is 2.27. The number of alkyl carbamates (subject to hydrolysis) is 1. The standard InChI is InChI=1S/C22H36N4O3.HI/c1-6-23-20(24-14-12-17-10-8-9-11-19(17)28-7-2)26-15-13-18(16-26)25-21(27)29-22(3,4)5;/h8-11,18H,6-7,12-16H2,1-5H3,(H,23,24)(H,25,27);1H. The SMILES string of the molecule is CCNC(=NCCc1ccccc1OCC)N1CCC(NC(=O)OC(C)(C)C)C1.I. The Labute approximate surface area is 198 Å². The van der Waals surface area contributed by atoms with E-state index in [2.05, 4.69) is 28.5 Å². The van der Waals surface area contributed by atoms with Crippen molar-refractivity contribution in [2.75, 3.05) is 32.8 Å². The lowest BCUT2D eigenvalue weighted by Crippen LogP contribution is -2.44. The molecule has 2 rings (SSSR count). The summed E-state index contributed by atoms with van der Waals surface area (Å²) in [6.07, 6.45) is 1.33. The molecule has 1 aliphatic rings. The van der Waals surface area contributed by atoms with Crippen molar-refractivity contribution in [1.29, 1.82) is 0 Å². The summed E-state index contributed by atoms with van der Waals surface area (Å²) in [7, 11) is 0. The number of nitrogens with one attached hydrogen (secondary N) is 2. The Balaban J connectivity index is 0.00000450. The van der Waals surface area contributed by atoms with Crippen LogP contribution in [0.5, 0.6) is 5.75 Å². The first-order chi connectivity index (χ1) is 13.8. The number of ether oxygens (including phenoxy) is 2. The molecule has 0 aliphatic carbocycles. The Morgan fingerprint density at radius 3 is 2.67 bits per heavy atom. The van der Waals surface area contributed by atoms with Gasteiger partial charge in [0.15, 0.2) is 5.96 Å². The number of likely N-dealkylation sites (tertiary alicyclic amines) is 1. The summed E-state index contributed by atoms with van der Waals surface area (Å²) >= 11 is 0. The van der Waals surface area contributed by atoms with Gasteiger partial charge in [-0.25, -0.2) is 4.79 Å². The average Bonchev–Trinajstić information content (AvgIpc) is 3.09. The van der Waals surface area contributed by atoms with Crippen molar-refractivity contribution < 1.29 is 14.3 Å². The summed E-state index contributed by atoms with van der Waals surface area (Å²) in [5.41, 5.74) is 0.677. The molecule has 1 heterocycles. The highest BCUT2D eigenvalue weighted by Crippen LogP contribution is 2.18. The molecule has 1 aromatic rings. The van der Waals surface area contributed by atoms with Crippen molar-refractivity contribution in [3.8, 4) is 5.75 Å². The number of benzene rings is 1. The molecule has 0 spiro atoms. The molecule has 1 atom stereocenters. The van der Waals surface area contributed by atoms with Gasteiger partial charge in [-0.2, -0.15) is 0 Å². The summed E-state index contributed by atoms with van der Waals surface area (Å²) < 4.78 is 11.1. The lowest BCUT2D eigenvalue weighted by Gasteiger charge is -2.23. The van der Waals surface area contributed by atoms with Crippen LogP contribution in [0.2, 0.25) is 0 Å². The molecule has 7 nitrogen and oxygen atoms in total. The Kier molecular flexibility index (Phi) is 11.3. The van der Waals surface area contributed by atoms with Gasteiger partial charge in [-0.1, -0.05) is 18.2 Å². The van der Waals surface area contributed by atoms with Crippen LogP contribution in [0.15, 0.2) is 29.3 Å². The molecule has 1 aromatic carbocycles. The Hall–Kier alpha value is -1.71. The van der Waals surface area contributed by atoms with Crippen molar-refractivity contribution in [2.45, 2.75) is 59.1 Å². The first-order valence-corrected chi connectivity index (χ1v) is 10.6. The van der Waals surface area contributed by atoms with Crippen LogP contribution in [0.4, 0.5) is 4.79 Å². The highest BCUT2D eigenvalue weighted by molar-refractivity contribution is 14.0. The third kappa shape index (κ3) is 8.97. The van der Waals surface area contributed by atoms with Gasteiger partial charge in [0.1, 0.15) is 11.4 Å². The van der Waals surface area contributed by atoms with E-state index in [0.717, 1.165) is 44.2 Å². The van der Waals surface area contributed by atoms with E-state index in [1.54, 1.807) is 0 Å². The number of halogens is 1. The van der Waals surface area contributed by atoms with Crippen LogP contribution in [0.25, 0.3) is 0 Å². The number of carbonyl (C=O) groups excluding carboxylic acids is 1. The highest BCUT2D eigenvalue weighted by atomic mass is 127. The zero-order chi connectivity index (χ0) is 21.3. The fourth-order valence-corrected chi connectivity index (χ4v) is 3.26. The molecule has 0 saturated carbocycles. The number of nitrogens with zero attached hydrogens (tertiary/aromatic N) is 2. The Bertz CT molecular complexity index is 691. The van der Waals surface area contributed by atoms with E-state index >= 15 is 0 Å². The molecule has 1 unspecified atom stereocenters. The van der Waals surface area contributed by atoms with Crippen LogP contribution in [0.3, 0.4) is 0 Å². The van der Waals surface area contributed by atoms with Gasteiger partial charge in [-0.05, 0) is 59.1 Å². The molecule has 170 valence electrons. The van der Waals surface area contributed by atoms with Crippen LogP contribution in [0, 0.1) is 0 Å². The molecular weight excluding hydrogens is 495 g/mol. The van der Waals surface area contributed by atoms with Crippen molar-refractivity contribution in [1.82, 2.24) is 15.5 Å². The third-order valence-electron chi connectivity index (χ3n) is 4.46. The van der Waals surface area contributed by atoms with Crippen molar-refractivity contribution in [2.24, 2.45) is 4.99 Å². The fraction of sp³-hybridized carbons (Fsp3) is 0.636. The van der Waals surface area contributed by atoms with Gasteiger partial charge < -0.3 is 25.0 Å². The first-order valence-electron chi connectivity index (χ1n) is 10.6. The summed E-state index contributed by atoms with van der Waals surface area (Å²) in [5.74, 6) is 1.81. The number of hydrogen-bond acceptors (Lipinski definition) is 4. The summed E-state index contributed by atoms with van der Waals surface area (Å²) in [4.78, 5) is 19.0. The van der Waals surface area contributed by atoms with Gasteiger partial charge in [-0.3, -0.25) is 4.99 Å². The lowest BCUT2D eigenvalue weighted by molar-refractivity contribution is 0.0507. The van der Waals surface area contributed by atoms with Crippen LogP contribution >= 0.6 is 24.0 Å². The predicted octanol–water partition coefficient (Wildman–Crippen LogP) is 3.81. The van der Waals surface area contributed by atoms with E-state index in [-0.39, 0.29) is 36.1 Å². The summed E-state index contributed by atoms with van der Waals surface area (Å²) in [5, 5.41) is 6.33. The van der Waals surface area contributed by atoms with Crippen molar-refractivity contribution in [3.05, 3.63) is 29.8 Å². The van der Waals surface area contributed by atoms with Gasteiger partial charge >= 0.3 is 6.09 Å². The molecule has 8 heteroatoms. The van der Waals surface area contributed by atoms with Crippen LogP contribution < -0.4 is 15.4 Å². The minimum Gasteiger partial charge on any atom is -0.494 e. The second-order valence-electron chi connectivity index (χ2n) is 8.10. The molecule has 0 aromatic heterocycles. The van der Waals surface area contributed by atoms with Gasteiger partial charge in [-0.15, -0.1) is 24.0 Å². The second kappa shape index (κ2) is 12.9. The van der Waals surface area contributed by atoms with Crippen LogP contribution in [-0.4, -0.2) is 61.4 Å². The fourth-order valence-electron chi connectivity index (χ4n) is 3.26. The number of aliphatic imine (C=N–C) groups is 1. The minimum atomic E-state index is -0.490. The molecule has 30 heavy (non-hydrogen) atoms. The molecule has 1 amide bonds. The lowest BCUT2D eigenvalue weighted by atomic mass is 10.1. The normalized spacial score (nSPS) is 16.6. The van der Waals surface area contributed by atoms with Gasteiger partial charge in [0.25, 0.3) is 0 Å². The van der Waals surface area contributed by atoms with Gasteiger partial charge in [0, 0.05) is 26.2 Å². The smallest absolute Gasteiger partial charge is 0.407 e. The van der Waals surface area contributed by atoms with Crippen LogP contribution in [-0.2, 0) is 11.2 Å². The number of carbonyl (C=O) groups is 1. The summed E-state index contributed by atoms with van der Waals surface area (Å²) in [6, 6.07) is 8.17. The van der Waals surface area contributed by atoms with Gasteiger partial charge in [0.2, 0.25) is 0 Å². The van der Waals surface area contributed by atoms with Crippen LogP contribution in [0.1, 0.15) is 46.6 Å². The molecule has 1 saturated heterocycles.